The Labute approximate surface area is 150 Å². The van der Waals surface area contributed by atoms with Crippen molar-refractivity contribution >= 4 is 23.0 Å². The first-order valence-electron chi connectivity index (χ1n) is 8.39. The Bertz CT molecular complexity index is 650. The zero-order valence-corrected chi connectivity index (χ0v) is 15.6. The molecule has 0 aliphatic carbocycles. The molecule has 2 aromatic carbocycles. The van der Waals surface area contributed by atoms with E-state index >= 15 is 0 Å². The molecule has 0 saturated heterocycles. The van der Waals surface area contributed by atoms with Crippen LogP contribution >= 0.6 is 12.2 Å². The molecule has 0 saturated carbocycles. The van der Waals surface area contributed by atoms with Crippen LogP contribution in [0.25, 0.3) is 0 Å². The third-order valence-electron chi connectivity index (χ3n) is 3.87. The summed E-state index contributed by atoms with van der Waals surface area (Å²) in [5.41, 5.74) is 3.48. The lowest BCUT2D eigenvalue weighted by atomic mass is 10.0. The monoisotopic (exact) mass is 342 g/mol. The molecule has 0 radical (unpaired) electrons. The van der Waals surface area contributed by atoms with E-state index in [4.69, 9.17) is 17.0 Å². The van der Waals surface area contributed by atoms with Crippen LogP contribution in [0.15, 0.2) is 48.5 Å². The van der Waals surface area contributed by atoms with Crippen molar-refractivity contribution in [3.05, 3.63) is 59.7 Å². The Morgan fingerprint density at radius 2 is 1.54 bits per heavy atom. The predicted octanol–water partition coefficient (Wildman–Crippen LogP) is 5.26. The van der Waals surface area contributed by atoms with E-state index in [1.807, 2.05) is 19.1 Å². The Kier molecular flexibility index (Phi) is 6.62. The second-order valence-electron chi connectivity index (χ2n) is 6.10. The standard InChI is InChI=1S/C20H26N2OS/c1-5-23-19-12-8-17(9-13-19)15(4)21-20(24)22-18-10-6-16(7-11-18)14(2)3/h6-15H,5H2,1-4H3,(H2,21,22,24). The lowest BCUT2D eigenvalue weighted by Gasteiger charge is -2.18. The van der Waals surface area contributed by atoms with Gasteiger partial charge in [0.2, 0.25) is 0 Å². The number of hydrogen-bond donors (Lipinski definition) is 2. The number of benzene rings is 2. The minimum Gasteiger partial charge on any atom is -0.494 e. The molecule has 1 unspecified atom stereocenters. The Hall–Kier alpha value is -2.07. The molecule has 128 valence electrons. The maximum absolute atomic E-state index is 5.47. The zero-order valence-electron chi connectivity index (χ0n) is 14.8. The van der Waals surface area contributed by atoms with Gasteiger partial charge in [-0.05, 0) is 67.4 Å². The van der Waals surface area contributed by atoms with Crippen molar-refractivity contribution < 1.29 is 4.74 Å². The summed E-state index contributed by atoms with van der Waals surface area (Å²) in [6.07, 6.45) is 0. The van der Waals surface area contributed by atoms with Crippen molar-refractivity contribution in [2.75, 3.05) is 11.9 Å². The summed E-state index contributed by atoms with van der Waals surface area (Å²) < 4.78 is 5.47. The summed E-state index contributed by atoms with van der Waals surface area (Å²) in [6, 6.07) is 16.6. The summed E-state index contributed by atoms with van der Waals surface area (Å²) in [6.45, 7) is 9.12. The van der Waals surface area contributed by atoms with Gasteiger partial charge in [-0.2, -0.15) is 0 Å². The maximum Gasteiger partial charge on any atom is 0.171 e. The predicted molar refractivity (Wildman–Crippen MR) is 106 cm³/mol. The molecule has 4 heteroatoms. The van der Waals surface area contributed by atoms with E-state index in [1.165, 1.54) is 5.56 Å². The van der Waals surface area contributed by atoms with E-state index < -0.39 is 0 Å². The second-order valence-corrected chi connectivity index (χ2v) is 6.51. The highest BCUT2D eigenvalue weighted by Crippen LogP contribution is 2.19. The molecule has 0 aromatic heterocycles. The number of hydrogen-bond acceptors (Lipinski definition) is 2. The Balaban J connectivity index is 1.91. The summed E-state index contributed by atoms with van der Waals surface area (Å²) in [5.74, 6) is 1.42. The minimum atomic E-state index is 0.121. The molecule has 2 aromatic rings. The highest BCUT2D eigenvalue weighted by atomic mass is 32.1. The number of rotatable bonds is 6. The van der Waals surface area contributed by atoms with Crippen LogP contribution in [0.5, 0.6) is 5.75 Å². The van der Waals surface area contributed by atoms with Crippen molar-refractivity contribution in [2.24, 2.45) is 0 Å². The summed E-state index contributed by atoms with van der Waals surface area (Å²) in [5, 5.41) is 7.17. The van der Waals surface area contributed by atoms with Gasteiger partial charge in [0, 0.05) is 5.69 Å². The van der Waals surface area contributed by atoms with Gasteiger partial charge in [0.15, 0.2) is 5.11 Å². The average Bonchev–Trinajstić information content (AvgIpc) is 2.56. The highest BCUT2D eigenvalue weighted by molar-refractivity contribution is 7.80. The summed E-state index contributed by atoms with van der Waals surface area (Å²) in [7, 11) is 0. The molecule has 0 aliphatic heterocycles. The van der Waals surface area contributed by atoms with E-state index in [-0.39, 0.29) is 6.04 Å². The van der Waals surface area contributed by atoms with Crippen molar-refractivity contribution in [1.29, 1.82) is 0 Å². The van der Waals surface area contributed by atoms with Gasteiger partial charge >= 0.3 is 0 Å². The molecular weight excluding hydrogens is 316 g/mol. The van der Waals surface area contributed by atoms with Gasteiger partial charge in [0.05, 0.1) is 12.6 Å². The van der Waals surface area contributed by atoms with Crippen LogP contribution in [0.1, 0.15) is 50.8 Å². The van der Waals surface area contributed by atoms with Crippen molar-refractivity contribution in [1.82, 2.24) is 5.32 Å². The minimum absolute atomic E-state index is 0.121. The Morgan fingerprint density at radius 3 is 2.08 bits per heavy atom. The Morgan fingerprint density at radius 1 is 0.958 bits per heavy atom. The molecular formula is C20H26N2OS. The van der Waals surface area contributed by atoms with Crippen molar-refractivity contribution in [3.63, 3.8) is 0 Å². The van der Waals surface area contributed by atoms with Gasteiger partial charge in [-0.1, -0.05) is 38.1 Å². The van der Waals surface area contributed by atoms with Crippen molar-refractivity contribution in [3.8, 4) is 5.75 Å². The van der Waals surface area contributed by atoms with Gasteiger partial charge in [-0.25, -0.2) is 0 Å². The maximum atomic E-state index is 5.47. The fraction of sp³-hybridized carbons (Fsp3) is 0.350. The lowest BCUT2D eigenvalue weighted by molar-refractivity contribution is 0.340. The molecule has 0 heterocycles. The van der Waals surface area contributed by atoms with E-state index in [2.05, 4.69) is 67.8 Å². The van der Waals surface area contributed by atoms with Gasteiger partial charge < -0.3 is 15.4 Å². The molecule has 0 spiro atoms. The van der Waals surface area contributed by atoms with Crippen LogP contribution in [-0.2, 0) is 0 Å². The topological polar surface area (TPSA) is 33.3 Å². The fourth-order valence-corrected chi connectivity index (χ4v) is 2.71. The third-order valence-corrected chi connectivity index (χ3v) is 4.09. The molecule has 1 atom stereocenters. The van der Waals surface area contributed by atoms with Gasteiger partial charge in [-0.3, -0.25) is 0 Å². The fourth-order valence-electron chi connectivity index (χ4n) is 2.42. The molecule has 0 amide bonds. The smallest absolute Gasteiger partial charge is 0.171 e. The molecule has 3 nitrogen and oxygen atoms in total. The first-order valence-corrected chi connectivity index (χ1v) is 8.80. The number of nitrogens with one attached hydrogen (secondary N) is 2. The van der Waals surface area contributed by atoms with Crippen LogP contribution in [-0.4, -0.2) is 11.7 Å². The number of thiocarbonyl (C=S) groups is 1. The highest BCUT2D eigenvalue weighted by Gasteiger charge is 2.08. The van der Waals surface area contributed by atoms with Crippen molar-refractivity contribution in [2.45, 2.75) is 39.7 Å². The molecule has 2 rings (SSSR count). The third kappa shape index (κ3) is 5.24. The molecule has 0 aliphatic rings. The molecule has 24 heavy (non-hydrogen) atoms. The second kappa shape index (κ2) is 8.69. The molecule has 0 bridgehead atoms. The first kappa shape index (κ1) is 18.3. The van der Waals surface area contributed by atoms with Crippen LogP contribution in [0.2, 0.25) is 0 Å². The molecule has 2 N–H and O–H groups in total. The van der Waals surface area contributed by atoms with Gasteiger partial charge in [0.1, 0.15) is 5.75 Å². The van der Waals surface area contributed by atoms with E-state index in [0.29, 0.717) is 17.6 Å². The van der Waals surface area contributed by atoms with E-state index in [9.17, 15) is 0 Å². The largest absolute Gasteiger partial charge is 0.494 e. The van der Waals surface area contributed by atoms with Crippen LogP contribution in [0.4, 0.5) is 5.69 Å². The summed E-state index contributed by atoms with van der Waals surface area (Å²) in [4.78, 5) is 0. The first-order chi connectivity index (χ1) is 11.5. The van der Waals surface area contributed by atoms with Crippen LogP contribution in [0, 0.1) is 0 Å². The van der Waals surface area contributed by atoms with E-state index in [0.717, 1.165) is 17.0 Å². The quantitative estimate of drug-likeness (QED) is 0.702. The van der Waals surface area contributed by atoms with Gasteiger partial charge in [-0.15, -0.1) is 0 Å². The SMILES string of the molecule is CCOc1ccc(C(C)NC(=S)Nc2ccc(C(C)C)cc2)cc1. The average molecular weight is 343 g/mol. The normalized spacial score (nSPS) is 11.9. The summed E-state index contributed by atoms with van der Waals surface area (Å²) >= 11 is 5.42. The van der Waals surface area contributed by atoms with Crippen LogP contribution in [0.3, 0.4) is 0 Å². The van der Waals surface area contributed by atoms with E-state index in [1.54, 1.807) is 0 Å². The van der Waals surface area contributed by atoms with Crippen LogP contribution < -0.4 is 15.4 Å². The number of ether oxygens (including phenoxy) is 1. The van der Waals surface area contributed by atoms with Gasteiger partial charge in [0.25, 0.3) is 0 Å². The zero-order chi connectivity index (χ0) is 17.5. The molecule has 0 fully saturated rings. The number of anilines is 1. The lowest BCUT2D eigenvalue weighted by Crippen LogP contribution is -2.30.